The largest absolute Gasteiger partial charge is 0.396 e. The molecule has 1 atom stereocenters. The zero-order chi connectivity index (χ0) is 12.5. The predicted octanol–water partition coefficient (Wildman–Crippen LogP) is 2.48. The van der Waals surface area contributed by atoms with Crippen LogP contribution in [0.2, 0.25) is 0 Å². The maximum absolute atomic E-state index is 11.8. The third kappa shape index (κ3) is 6.06. The van der Waals surface area contributed by atoms with Crippen molar-refractivity contribution < 1.29 is 9.90 Å². The van der Waals surface area contributed by atoms with Crippen LogP contribution in [-0.4, -0.2) is 24.2 Å². The van der Waals surface area contributed by atoms with Crippen LogP contribution in [0.25, 0.3) is 0 Å². The predicted molar refractivity (Wildman–Crippen MR) is 69.7 cm³/mol. The SMILES string of the molecule is CCC(CCO)CNC(=O)CC1CCCCC1. The highest BCUT2D eigenvalue weighted by molar-refractivity contribution is 5.76. The number of nitrogens with one attached hydrogen (secondary N) is 1. The summed E-state index contributed by atoms with van der Waals surface area (Å²) in [5, 5.41) is 11.9. The maximum Gasteiger partial charge on any atom is 0.220 e. The van der Waals surface area contributed by atoms with Gasteiger partial charge in [0.1, 0.15) is 0 Å². The zero-order valence-corrected chi connectivity index (χ0v) is 11.1. The molecule has 0 radical (unpaired) electrons. The van der Waals surface area contributed by atoms with E-state index in [1.807, 2.05) is 0 Å². The fourth-order valence-corrected chi connectivity index (χ4v) is 2.62. The second-order valence-corrected chi connectivity index (χ2v) is 5.30. The lowest BCUT2D eigenvalue weighted by Crippen LogP contribution is -2.31. The van der Waals surface area contributed by atoms with Crippen molar-refractivity contribution in [2.45, 2.75) is 58.3 Å². The molecule has 1 rings (SSSR count). The summed E-state index contributed by atoms with van der Waals surface area (Å²) in [4.78, 5) is 11.8. The van der Waals surface area contributed by atoms with E-state index in [1.54, 1.807) is 0 Å². The number of amides is 1. The first-order chi connectivity index (χ1) is 8.26. The lowest BCUT2D eigenvalue weighted by Gasteiger charge is -2.21. The van der Waals surface area contributed by atoms with E-state index >= 15 is 0 Å². The number of rotatable bonds is 7. The van der Waals surface area contributed by atoms with Gasteiger partial charge in [-0.2, -0.15) is 0 Å². The van der Waals surface area contributed by atoms with Gasteiger partial charge in [-0.1, -0.05) is 32.6 Å². The van der Waals surface area contributed by atoms with Crippen molar-refractivity contribution in [3.8, 4) is 0 Å². The fraction of sp³-hybridized carbons (Fsp3) is 0.929. The molecule has 2 N–H and O–H groups in total. The maximum atomic E-state index is 11.8. The van der Waals surface area contributed by atoms with Crippen LogP contribution in [0.5, 0.6) is 0 Å². The van der Waals surface area contributed by atoms with Gasteiger partial charge in [-0.3, -0.25) is 4.79 Å². The Hall–Kier alpha value is -0.570. The van der Waals surface area contributed by atoms with Crippen LogP contribution in [0, 0.1) is 11.8 Å². The number of hydrogen-bond donors (Lipinski definition) is 2. The fourth-order valence-electron chi connectivity index (χ4n) is 2.62. The van der Waals surface area contributed by atoms with Crippen LogP contribution >= 0.6 is 0 Å². The van der Waals surface area contributed by atoms with Gasteiger partial charge in [0.15, 0.2) is 0 Å². The van der Waals surface area contributed by atoms with E-state index in [4.69, 9.17) is 5.11 Å². The van der Waals surface area contributed by atoms with Gasteiger partial charge >= 0.3 is 0 Å². The van der Waals surface area contributed by atoms with Crippen LogP contribution in [0.3, 0.4) is 0 Å². The second-order valence-electron chi connectivity index (χ2n) is 5.30. The molecule has 100 valence electrons. The Kier molecular flexibility index (Phi) is 7.25. The topological polar surface area (TPSA) is 49.3 Å². The first-order valence-corrected chi connectivity index (χ1v) is 7.13. The third-order valence-electron chi connectivity index (χ3n) is 3.90. The molecule has 0 spiro atoms. The quantitative estimate of drug-likeness (QED) is 0.719. The van der Waals surface area contributed by atoms with E-state index in [0.717, 1.165) is 19.4 Å². The Balaban J connectivity index is 2.14. The van der Waals surface area contributed by atoms with E-state index in [1.165, 1.54) is 32.1 Å². The van der Waals surface area contributed by atoms with Gasteiger partial charge < -0.3 is 10.4 Å². The molecule has 1 unspecified atom stereocenters. The minimum atomic E-state index is 0.202. The van der Waals surface area contributed by atoms with Crippen LogP contribution in [0.1, 0.15) is 58.3 Å². The van der Waals surface area contributed by atoms with Crippen LogP contribution in [0.15, 0.2) is 0 Å². The van der Waals surface area contributed by atoms with Gasteiger partial charge in [0.25, 0.3) is 0 Å². The number of carbonyl (C=O) groups excluding carboxylic acids is 1. The molecule has 0 heterocycles. The van der Waals surface area contributed by atoms with Crippen LogP contribution in [0.4, 0.5) is 0 Å². The van der Waals surface area contributed by atoms with Crippen molar-refractivity contribution in [2.24, 2.45) is 11.8 Å². The summed E-state index contributed by atoms with van der Waals surface area (Å²) in [5.74, 6) is 1.24. The van der Waals surface area contributed by atoms with Gasteiger partial charge in [0, 0.05) is 19.6 Å². The molecular weight excluding hydrogens is 214 g/mol. The number of carbonyl (C=O) groups is 1. The first-order valence-electron chi connectivity index (χ1n) is 7.13. The van der Waals surface area contributed by atoms with Gasteiger partial charge in [0.2, 0.25) is 5.91 Å². The minimum Gasteiger partial charge on any atom is -0.396 e. The van der Waals surface area contributed by atoms with Crippen molar-refractivity contribution in [1.82, 2.24) is 5.32 Å². The van der Waals surface area contributed by atoms with Gasteiger partial charge in [-0.25, -0.2) is 0 Å². The van der Waals surface area contributed by atoms with Crippen molar-refractivity contribution in [3.05, 3.63) is 0 Å². The smallest absolute Gasteiger partial charge is 0.220 e. The van der Waals surface area contributed by atoms with Crippen molar-refractivity contribution in [3.63, 3.8) is 0 Å². The van der Waals surface area contributed by atoms with E-state index in [2.05, 4.69) is 12.2 Å². The molecule has 1 fully saturated rings. The van der Waals surface area contributed by atoms with Crippen LogP contribution in [-0.2, 0) is 4.79 Å². The molecule has 0 aromatic rings. The van der Waals surface area contributed by atoms with E-state index in [9.17, 15) is 4.79 Å². The Morgan fingerprint density at radius 2 is 2.06 bits per heavy atom. The Labute approximate surface area is 105 Å². The summed E-state index contributed by atoms with van der Waals surface area (Å²) in [6, 6.07) is 0. The third-order valence-corrected chi connectivity index (χ3v) is 3.90. The lowest BCUT2D eigenvalue weighted by molar-refractivity contribution is -0.122. The molecule has 0 aromatic heterocycles. The minimum absolute atomic E-state index is 0.202. The monoisotopic (exact) mass is 241 g/mol. The van der Waals surface area contributed by atoms with Crippen LogP contribution < -0.4 is 5.32 Å². The highest BCUT2D eigenvalue weighted by Crippen LogP contribution is 2.26. The molecule has 0 aromatic carbocycles. The molecule has 1 saturated carbocycles. The molecule has 3 nitrogen and oxygen atoms in total. The zero-order valence-electron chi connectivity index (χ0n) is 11.1. The van der Waals surface area contributed by atoms with Gasteiger partial charge in [-0.05, 0) is 31.1 Å². The van der Waals surface area contributed by atoms with Crippen molar-refractivity contribution in [1.29, 1.82) is 0 Å². The lowest BCUT2D eigenvalue weighted by atomic mass is 9.87. The molecule has 1 amide bonds. The number of aliphatic hydroxyl groups is 1. The summed E-state index contributed by atoms with van der Waals surface area (Å²) < 4.78 is 0. The molecule has 0 bridgehead atoms. The molecule has 1 aliphatic rings. The summed E-state index contributed by atoms with van der Waals surface area (Å²) in [6.07, 6.45) is 8.88. The normalized spacial score (nSPS) is 18.9. The Bertz CT molecular complexity index is 212. The molecule has 0 aliphatic heterocycles. The van der Waals surface area contributed by atoms with E-state index in [-0.39, 0.29) is 12.5 Å². The van der Waals surface area contributed by atoms with Crippen molar-refractivity contribution >= 4 is 5.91 Å². The highest BCUT2D eigenvalue weighted by Gasteiger charge is 2.17. The molecule has 0 saturated heterocycles. The van der Waals surface area contributed by atoms with Gasteiger partial charge in [0.05, 0.1) is 0 Å². The van der Waals surface area contributed by atoms with E-state index < -0.39 is 0 Å². The summed E-state index contributed by atoms with van der Waals surface area (Å²) in [7, 11) is 0. The van der Waals surface area contributed by atoms with E-state index in [0.29, 0.717) is 18.3 Å². The molecule has 3 heteroatoms. The molecule has 17 heavy (non-hydrogen) atoms. The summed E-state index contributed by atoms with van der Waals surface area (Å²) in [6.45, 7) is 3.05. The Morgan fingerprint density at radius 1 is 1.35 bits per heavy atom. The average Bonchev–Trinajstić information content (AvgIpc) is 2.35. The highest BCUT2D eigenvalue weighted by atomic mass is 16.3. The summed E-state index contributed by atoms with van der Waals surface area (Å²) >= 11 is 0. The average molecular weight is 241 g/mol. The van der Waals surface area contributed by atoms with Crippen molar-refractivity contribution in [2.75, 3.05) is 13.2 Å². The van der Waals surface area contributed by atoms with Gasteiger partial charge in [-0.15, -0.1) is 0 Å². The second kappa shape index (κ2) is 8.51. The Morgan fingerprint density at radius 3 is 2.65 bits per heavy atom. The number of aliphatic hydroxyl groups excluding tert-OH is 1. The standard InChI is InChI=1S/C14H27NO2/c1-2-12(8-9-16)11-15-14(17)10-13-6-4-3-5-7-13/h12-13,16H,2-11H2,1H3,(H,15,17). The first kappa shape index (κ1) is 14.5. The number of hydrogen-bond acceptors (Lipinski definition) is 2. The molecule has 1 aliphatic carbocycles. The molecular formula is C14H27NO2. The summed E-state index contributed by atoms with van der Waals surface area (Å²) in [5.41, 5.74) is 0.